The topological polar surface area (TPSA) is 141 Å². The first-order chi connectivity index (χ1) is 25.4. The zero-order valence-corrected chi connectivity index (χ0v) is 28.8. The number of ether oxygens (including phenoxy) is 2. The number of morpholine rings is 2. The van der Waals surface area contributed by atoms with E-state index in [1.165, 1.54) is 4.90 Å². The third kappa shape index (κ3) is 6.04. The maximum absolute atomic E-state index is 13.5. The highest BCUT2D eigenvalue weighted by Crippen LogP contribution is 2.38. The van der Waals surface area contributed by atoms with Crippen LogP contribution >= 0.6 is 0 Å². The Bertz CT molecular complexity index is 2060. The zero-order chi connectivity index (χ0) is 35.8. The predicted molar refractivity (Wildman–Crippen MR) is 195 cm³/mol. The van der Waals surface area contributed by atoms with Gasteiger partial charge in [0, 0.05) is 101 Å². The molecule has 8 rings (SSSR count). The summed E-state index contributed by atoms with van der Waals surface area (Å²) in [4.78, 5) is 73.6. The van der Waals surface area contributed by atoms with E-state index in [0.29, 0.717) is 79.0 Å². The number of rotatable bonds is 11. The number of nitrogens with one attached hydrogen (secondary N) is 2. The van der Waals surface area contributed by atoms with Gasteiger partial charge < -0.3 is 29.9 Å². The highest BCUT2D eigenvalue weighted by Gasteiger charge is 2.36. The average molecular weight is 705 g/mol. The largest absolute Gasteiger partial charge is 0.378 e. The van der Waals surface area contributed by atoms with Crippen molar-refractivity contribution in [1.82, 2.24) is 20.4 Å². The summed E-state index contributed by atoms with van der Waals surface area (Å²) in [6.45, 7) is 6.53. The van der Waals surface area contributed by atoms with Crippen molar-refractivity contribution in [2.24, 2.45) is 0 Å². The smallest absolute Gasteiger partial charge is 0.261 e. The molecular formula is C39H40N6O7. The van der Waals surface area contributed by atoms with E-state index in [2.05, 4.69) is 20.4 Å². The van der Waals surface area contributed by atoms with Crippen molar-refractivity contribution in [3.8, 4) is 0 Å². The van der Waals surface area contributed by atoms with Crippen LogP contribution in [0.15, 0.2) is 60.7 Å². The molecule has 4 aromatic rings. The summed E-state index contributed by atoms with van der Waals surface area (Å²) in [5, 5.41) is 9.08. The summed E-state index contributed by atoms with van der Waals surface area (Å²) in [6, 6.07) is 18.5. The van der Waals surface area contributed by atoms with Crippen molar-refractivity contribution < 1.29 is 33.4 Å². The Morgan fingerprint density at radius 2 is 1.06 bits per heavy atom. The summed E-state index contributed by atoms with van der Waals surface area (Å²) >= 11 is 0. The molecule has 0 aromatic heterocycles. The van der Waals surface area contributed by atoms with Gasteiger partial charge in [-0.1, -0.05) is 24.3 Å². The summed E-state index contributed by atoms with van der Waals surface area (Å²) < 4.78 is 11.0. The van der Waals surface area contributed by atoms with Crippen molar-refractivity contribution >= 4 is 62.5 Å². The maximum atomic E-state index is 13.5. The molecule has 268 valence electrons. The molecule has 13 nitrogen and oxygen atoms in total. The normalized spacial score (nSPS) is 17.5. The molecule has 0 unspecified atom stereocenters. The van der Waals surface area contributed by atoms with Crippen LogP contribution < -0.4 is 20.4 Å². The second kappa shape index (κ2) is 14.3. The molecule has 2 N–H and O–H groups in total. The Morgan fingerprint density at radius 3 is 1.58 bits per heavy atom. The third-order valence-corrected chi connectivity index (χ3v) is 10.3. The number of carbonyl (C=O) groups is 5. The lowest BCUT2D eigenvalue weighted by Crippen LogP contribution is -2.47. The van der Waals surface area contributed by atoms with E-state index < -0.39 is 17.7 Å². The maximum Gasteiger partial charge on any atom is 0.261 e. The Kier molecular flexibility index (Phi) is 9.30. The summed E-state index contributed by atoms with van der Waals surface area (Å²) in [5.41, 5.74) is 3.83. The highest BCUT2D eigenvalue weighted by atomic mass is 16.5. The van der Waals surface area contributed by atoms with E-state index in [4.69, 9.17) is 9.47 Å². The van der Waals surface area contributed by atoms with Crippen LogP contribution in [-0.2, 0) is 14.3 Å². The van der Waals surface area contributed by atoms with E-state index >= 15 is 0 Å². The van der Waals surface area contributed by atoms with Gasteiger partial charge in [0.15, 0.2) is 0 Å². The predicted octanol–water partition coefficient (Wildman–Crippen LogP) is 2.65. The number of anilines is 2. The molecule has 52 heavy (non-hydrogen) atoms. The molecule has 0 aliphatic carbocycles. The molecule has 2 saturated heterocycles. The lowest BCUT2D eigenvalue weighted by Gasteiger charge is -2.32. The van der Waals surface area contributed by atoms with E-state index in [9.17, 15) is 24.0 Å². The molecule has 0 atom stereocenters. The number of imide groups is 2. The second-order valence-electron chi connectivity index (χ2n) is 13.3. The van der Waals surface area contributed by atoms with Crippen molar-refractivity contribution in [3.05, 3.63) is 82.9 Å². The standard InChI is InChI=1S/C39H40N6O7/c46-33(24-45-38(49)28-7-2-5-26-32(43-18-22-52-23-19-43)11-9-30(35(26)28)39(45)50)41-14-13-40-12-3-15-44-36(47)27-6-1-4-25-31(42-16-20-51-21-17-42)10-8-29(34(25)27)37(44)48/h1-2,4-11,40H,3,12-24H2,(H,41,46). The first-order valence-corrected chi connectivity index (χ1v) is 17.9. The summed E-state index contributed by atoms with van der Waals surface area (Å²) in [5.74, 6) is -2.03. The lowest BCUT2D eigenvalue weighted by atomic mass is 9.92. The van der Waals surface area contributed by atoms with Crippen molar-refractivity contribution in [3.63, 3.8) is 0 Å². The number of hydrogen-bond donors (Lipinski definition) is 2. The highest BCUT2D eigenvalue weighted by molar-refractivity contribution is 6.28. The first kappa shape index (κ1) is 33.8. The zero-order valence-electron chi connectivity index (χ0n) is 28.8. The quantitative estimate of drug-likeness (QED) is 0.177. The van der Waals surface area contributed by atoms with E-state index in [1.807, 2.05) is 42.5 Å². The van der Waals surface area contributed by atoms with Gasteiger partial charge in [-0.15, -0.1) is 0 Å². The third-order valence-electron chi connectivity index (χ3n) is 10.3. The fraction of sp³-hybridized carbons (Fsp3) is 0.359. The fourth-order valence-corrected chi connectivity index (χ4v) is 7.75. The van der Waals surface area contributed by atoms with Gasteiger partial charge in [-0.25, -0.2) is 0 Å². The number of nitrogens with zero attached hydrogens (tertiary/aromatic N) is 4. The lowest BCUT2D eigenvalue weighted by molar-refractivity contribution is -0.121. The molecule has 4 heterocycles. The molecule has 13 heteroatoms. The SMILES string of the molecule is O=C(CN1C(=O)c2cccc3c(N4CCOCC4)ccc(c23)C1=O)NCCNCCCN1C(=O)c2cccc3c(N4CCOCC4)ccc(c23)C1=O. The number of hydrogen-bond acceptors (Lipinski definition) is 10. The van der Waals surface area contributed by atoms with Crippen LogP contribution in [0.25, 0.3) is 21.5 Å². The fourth-order valence-electron chi connectivity index (χ4n) is 7.75. The van der Waals surface area contributed by atoms with Crippen LogP contribution in [0.2, 0.25) is 0 Å². The van der Waals surface area contributed by atoms with Crippen molar-refractivity contribution in [2.75, 3.05) is 95.1 Å². The van der Waals surface area contributed by atoms with Gasteiger partial charge >= 0.3 is 0 Å². The minimum Gasteiger partial charge on any atom is -0.378 e. The number of amides is 5. The number of carbonyl (C=O) groups excluding carboxylic acids is 5. The van der Waals surface area contributed by atoms with Gasteiger partial charge in [0.2, 0.25) is 5.91 Å². The molecule has 2 fully saturated rings. The van der Waals surface area contributed by atoms with Gasteiger partial charge in [-0.05, 0) is 49.4 Å². The van der Waals surface area contributed by atoms with Crippen LogP contribution in [0.1, 0.15) is 47.9 Å². The van der Waals surface area contributed by atoms with Crippen LogP contribution in [0.3, 0.4) is 0 Å². The average Bonchev–Trinajstić information content (AvgIpc) is 3.18. The molecule has 0 spiro atoms. The molecule has 4 aliphatic heterocycles. The Labute approximate surface area is 300 Å². The molecule has 4 aromatic carbocycles. The number of benzene rings is 4. The van der Waals surface area contributed by atoms with Gasteiger partial charge in [-0.2, -0.15) is 0 Å². The Balaban J connectivity index is 0.822. The molecule has 0 bridgehead atoms. The molecular weight excluding hydrogens is 664 g/mol. The minimum atomic E-state index is -0.492. The van der Waals surface area contributed by atoms with Crippen molar-refractivity contribution in [1.29, 1.82) is 0 Å². The van der Waals surface area contributed by atoms with Crippen molar-refractivity contribution in [2.45, 2.75) is 6.42 Å². The molecule has 5 amide bonds. The van der Waals surface area contributed by atoms with Crippen LogP contribution in [0.5, 0.6) is 0 Å². The van der Waals surface area contributed by atoms with Gasteiger partial charge in [0.1, 0.15) is 6.54 Å². The molecule has 0 saturated carbocycles. The Hall–Kier alpha value is -5.37. The van der Waals surface area contributed by atoms with E-state index in [-0.39, 0.29) is 31.4 Å². The van der Waals surface area contributed by atoms with E-state index in [1.54, 1.807) is 18.2 Å². The van der Waals surface area contributed by atoms with Crippen LogP contribution in [0, 0.1) is 0 Å². The first-order valence-electron chi connectivity index (χ1n) is 17.9. The minimum absolute atomic E-state index is 0.249. The second-order valence-corrected chi connectivity index (χ2v) is 13.3. The van der Waals surface area contributed by atoms with E-state index in [0.717, 1.165) is 53.2 Å². The monoisotopic (exact) mass is 704 g/mol. The van der Waals surface area contributed by atoms with Gasteiger partial charge in [0.05, 0.1) is 26.4 Å². The van der Waals surface area contributed by atoms with Gasteiger partial charge in [-0.3, -0.25) is 33.8 Å². The summed E-state index contributed by atoms with van der Waals surface area (Å²) in [6.07, 6.45) is 0.525. The summed E-state index contributed by atoms with van der Waals surface area (Å²) in [7, 11) is 0. The molecule has 4 aliphatic rings. The Morgan fingerprint density at radius 1 is 0.577 bits per heavy atom. The molecule has 0 radical (unpaired) electrons. The van der Waals surface area contributed by atoms with Crippen LogP contribution in [0.4, 0.5) is 11.4 Å². The van der Waals surface area contributed by atoms with Crippen LogP contribution in [-0.4, -0.2) is 125 Å². The van der Waals surface area contributed by atoms with Gasteiger partial charge in [0.25, 0.3) is 23.6 Å².